The van der Waals surface area contributed by atoms with Crippen molar-refractivity contribution in [2.75, 3.05) is 48.6 Å². The van der Waals surface area contributed by atoms with Crippen LogP contribution in [0.25, 0.3) is 22.5 Å². The van der Waals surface area contributed by atoms with Crippen molar-refractivity contribution in [3.05, 3.63) is 65.4 Å². The number of ether oxygens (including phenoxy) is 2. The monoisotopic (exact) mass is 835 g/mol. The minimum Gasteiger partial charge on any atom is -0.381 e. The fourth-order valence-corrected chi connectivity index (χ4v) is 10.5. The van der Waals surface area contributed by atoms with Gasteiger partial charge in [0.1, 0.15) is 15.3 Å². The molecule has 2 saturated heterocycles. The highest BCUT2D eigenvalue weighted by Gasteiger charge is 2.44. The number of anilines is 2. The quantitative estimate of drug-likeness (QED) is 0.164. The number of amides is 2. The van der Waals surface area contributed by atoms with Crippen LogP contribution in [-0.2, 0) is 38.7 Å². The van der Waals surface area contributed by atoms with E-state index < -0.39 is 41.0 Å². The smallest absolute Gasteiger partial charge is 0.247 e. The Hall–Kier alpha value is -3.68. The number of pyridine rings is 1. The second-order valence-corrected chi connectivity index (χ2v) is 21.3. The van der Waals surface area contributed by atoms with Crippen LogP contribution in [-0.4, -0.2) is 91.0 Å². The molecule has 2 N–H and O–H groups in total. The first-order valence-electron chi connectivity index (χ1n) is 17.8. The maximum absolute atomic E-state index is 13.1. The van der Waals surface area contributed by atoms with Crippen molar-refractivity contribution < 1.29 is 40.3 Å². The van der Waals surface area contributed by atoms with Crippen molar-refractivity contribution in [1.29, 1.82) is 0 Å². The molecular weight excluding hydrogens is 790 g/mol. The number of hydrogen-bond acceptors (Lipinski definition) is 13. The van der Waals surface area contributed by atoms with Crippen molar-refractivity contribution in [1.82, 2.24) is 15.0 Å². The summed E-state index contributed by atoms with van der Waals surface area (Å²) in [6, 6.07) is 9.53. The van der Waals surface area contributed by atoms with Crippen molar-refractivity contribution in [2.24, 2.45) is 11.8 Å². The van der Waals surface area contributed by atoms with E-state index in [1.54, 1.807) is 41.4 Å². The second kappa shape index (κ2) is 18.1. The van der Waals surface area contributed by atoms with E-state index in [0.29, 0.717) is 79.3 Å². The van der Waals surface area contributed by atoms with E-state index >= 15 is 0 Å². The number of sulfone groups is 2. The van der Waals surface area contributed by atoms with Crippen LogP contribution in [0.1, 0.15) is 53.4 Å². The molecule has 298 valence electrons. The normalized spacial score (nSPS) is 16.2. The molecule has 0 spiro atoms. The van der Waals surface area contributed by atoms with Gasteiger partial charge in [-0.15, -0.1) is 22.7 Å². The van der Waals surface area contributed by atoms with Gasteiger partial charge in [0, 0.05) is 60.7 Å². The zero-order valence-electron chi connectivity index (χ0n) is 31.1. The summed E-state index contributed by atoms with van der Waals surface area (Å²) in [4.78, 5) is 38.2. The lowest BCUT2D eigenvalue weighted by atomic mass is 10.0. The minimum atomic E-state index is -3.66. The molecule has 0 atom stereocenters. The van der Waals surface area contributed by atoms with Crippen LogP contribution in [0.5, 0.6) is 0 Å². The van der Waals surface area contributed by atoms with Crippen molar-refractivity contribution in [2.45, 2.75) is 62.9 Å². The molecule has 0 radical (unpaired) electrons. The number of hydrogen-bond donors (Lipinski definition) is 2. The molecule has 55 heavy (non-hydrogen) atoms. The first-order chi connectivity index (χ1) is 26.0. The van der Waals surface area contributed by atoms with E-state index in [9.17, 15) is 30.8 Å². The van der Waals surface area contributed by atoms with Gasteiger partial charge in [0.2, 0.25) is 11.8 Å². The van der Waals surface area contributed by atoms with Gasteiger partial charge >= 0.3 is 0 Å². The van der Waals surface area contributed by atoms with E-state index in [0.717, 1.165) is 5.56 Å². The van der Waals surface area contributed by atoms with Crippen LogP contribution < -0.4 is 10.6 Å². The average molecular weight is 836 g/mol. The van der Waals surface area contributed by atoms with Gasteiger partial charge < -0.3 is 20.1 Å². The third-order valence-corrected chi connectivity index (χ3v) is 16.6. The number of benzene rings is 1. The van der Waals surface area contributed by atoms with Crippen LogP contribution >= 0.6 is 22.7 Å². The number of aromatic nitrogens is 3. The van der Waals surface area contributed by atoms with E-state index in [1.807, 2.05) is 6.07 Å². The van der Waals surface area contributed by atoms with E-state index in [1.165, 1.54) is 62.5 Å². The Bertz CT molecular complexity index is 2130. The zero-order valence-corrected chi connectivity index (χ0v) is 34.4. The molecule has 2 fully saturated rings. The van der Waals surface area contributed by atoms with Crippen LogP contribution in [0, 0.1) is 17.7 Å². The number of nitrogens with one attached hydrogen (secondary N) is 2. The molecule has 2 amide bonds. The van der Waals surface area contributed by atoms with Gasteiger partial charge in [-0.3, -0.25) is 14.6 Å². The van der Waals surface area contributed by atoms with E-state index in [2.05, 4.69) is 25.6 Å². The lowest BCUT2D eigenvalue weighted by molar-refractivity contribution is -0.118. The number of carbonyl (C=O) groups excluding carboxylic acids is 2. The van der Waals surface area contributed by atoms with Gasteiger partial charge in [-0.25, -0.2) is 31.2 Å². The highest BCUT2D eigenvalue weighted by atomic mass is 32.2. The number of thiazole rings is 2. The molecule has 1 aromatic carbocycles. The van der Waals surface area contributed by atoms with Crippen molar-refractivity contribution in [3.8, 4) is 22.5 Å². The Morgan fingerprint density at radius 2 is 1.16 bits per heavy atom. The van der Waals surface area contributed by atoms with E-state index in [-0.39, 0.29) is 29.2 Å². The molecule has 4 aromatic rings. The Morgan fingerprint density at radius 3 is 1.58 bits per heavy atom. The molecule has 3 aromatic heterocycles. The molecule has 0 unspecified atom stereocenters. The highest BCUT2D eigenvalue weighted by molar-refractivity contribution is 7.93. The number of nitrogens with zero attached hydrogens (tertiary/aromatic N) is 3. The van der Waals surface area contributed by atoms with Crippen LogP contribution in [0.4, 0.5) is 14.7 Å². The highest BCUT2D eigenvalue weighted by Crippen LogP contribution is 2.31. The third-order valence-electron chi connectivity index (χ3n) is 9.79. The first kappa shape index (κ1) is 42.5. The topological polar surface area (TPSA) is 184 Å². The second-order valence-electron chi connectivity index (χ2n) is 14.4. The third kappa shape index (κ3) is 10.8. The molecular formula is C37H46FN5O8S4. The largest absolute Gasteiger partial charge is 0.381 e. The maximum atomic E-state index is 13.1. The summed E-state index contributed by atoms with van der Waals surface area (Å²) in [6.45, 7) is 8.00. The van der Waals surface area contributed by atoms with E-state index in [4.69, 9.17) is 9.47 Å². The molecule has 2 aliphatic heterocycles. The summed E-state index contributed by atoms with van der Waals surface area (Å²) in [5.41, 5.74) is 2.82. The van der Waals surface area contributed by atoms with Gasteiger partial charge in [-0.1, -0.05) is 0 Å². The van der Waals surface area contributed by atoms with Crippen molar-refractivity contribution in [3.63, 3.8) is 0 Å². The van der Waals surface area contributed by atoms with Crippen molar-refractivity contribution >= 4 is 64.4 Å². The standard InChI is InChI=1S/C19H23FN2O4S2.C18H23N3O4S2/c1-19(2,28(24,25)12-13-7-9-26-10-8-13)17(23)22-18-21-16(11-27-18)14-3-5-15(20)6-4-14;1-18(2,27(23,24)12-13-5-8-25-9-6-13)16(22)21-17-20-15(11-26-17)14-4-3-7-19-10-14/h3-6,11,13H,7-10,12H2,1-2H3,(H,21,22,23);3-4,7,10-11,13H,5-6,8-9,12H2,1-2H3,(H,20,21,22). The number of halogens is 1. The lowest BCUT2D eigenvalue weighted by Gasteiger charge is -2.28. The SMILES string of the molecule is CC(C)(C(=O)Nc1nc(-c2ccc(F)cc2)cs1)S(=O)(=O)CC1CCOCC1.CC(C)(C(=O)Nc1nc(-c2cccnc2)cs1)S(=O)(=O)CC1CCOCC1. The lowest BCUT2D eigenvalue weighted by Crippen LogP contribution is -2.47. The Morgan fingerprint density at radius 1 is 0.727 bits per heavy atom. The van der Waals surface area contributed by atoms with Crippen LogP contribution in [0.2, 0.25) is 0 Å². The molecule has 0 bridgehead atoms. The Balaban J connectivity index is 0.000000211. The predicted octanol–water partition coefficient (Wildman–Crippen LogP) is 6.27. The molecule has 2 aliphatic rings. The molecule has 6 rings (SSSR count). The molecule has 5 heterocycles. The summed E-state index contributed by atoms with van der Waals surface area (Å²) < 4.78 is 71.9. The zero-order chi connectivity index (χ0) is 39.9. The van der Waals surface area contributed by atoms with Gasteiger partial charge in [0.05, 0.1) is 22.9 Å². The number of rotatable bonds is 12. The molecule has 0 saturated carbocycles. The van der Waals surface area contributed by atoms with Gasteiger partial charge in [0.25, 0.3) is 0 Å². The summed E-state index contributed by atoms with van der Waals surface area (Å²) in [5.74, 6) is -1.51. The van der Waals surface area contributed by atoms with Gasteiger partial charge in [0.15, 0.2) is 29.9 Å². The Kier molecular flexibility index (Phi) is 13.9. The first-order valence-corrected chi connectivity index (χ1v) is 22.9. The Labute approximate surface area is 329 Å². The predicted molar refractivity (Wildman–Crippen MR) is 213 cm³/mol. The fourth-order valence-electron chi connectivity index (χ4n) is 5.70. The summed E-state index contributed by atoms with van der Waals surface area (Å²) in [5, 5.41) is 9.48. The fraction of sp³-hybridized carbons (Fsp3) is 0.486. The van der Waals surface area contributed by atoms with Gasteiger partial charge in [-0.05, 0) is 102 Å². The molecule has 13 nitrogen and oxygen atoms in total. The average Bonchev–Trinajstić information content (AvgIpc) is 3.83. The molecule has 18 heteroatoms. The van der Waals surface area contributed by atoms with Crippen LogP contribution in [0.3, 0.4) is 0 Å². The van der Waals surface area contributed by atoms with Crippen LogP contribution in [0.15, 0.2) is 59.6 Å². The summed E-state index contributed by atoms with van der Waals surface area (Å²) in [6.07, 6.45) is 6.14. The summed E-state index contributed by atoms with van der Waals surface area (Å²) >= 11 is 2.44. The maximum Gasteiger partial charge on any atom is 0.247 e. The number of carbonyl (C=O) groups is 2. The molecule has 0 aliphatic carbocycles. The van der Waals surface area contributed by atoms with Gasteiger partial charge in [-0.2, -0.15) is 0 Å². The minimum absolute atomic E-state index is 0.00438. The summed E-state index contributed by atoms with van der Waals surface area (Å²) in [7, 11) is -7.29.